The van der Waals surface area contributed by atoms with E-state index in [9.17, 15) is 9.59 Å². The third kappa shape index (κ3) is 7.33. The minimum atomic E-state index is -1.47. The molecule has 0 unspecified atom stereocenters. The van der Waals surface area contributed by atoms with Crippen LogP contribution >= 0.6 is 23.5 Å². The maximum Gasteiger partial charge on any atom is 0.324 e. The quantitative estimate of drug-likeness (QED) is 0.157. The first-order valence-electron chi connectivity index (χ1n) is 10.1. The Kier molecular flexibility index (Phi) is 10.5. The molecule has 2 aromatic carbocycles. The van der Waals surface area contributed by atoms with Crippen molar-refractivity contribution in [2.45, 2.75) is 36.5 Å². The third-order valence-corrected chi connectivity index (χ3v) is 6.49. The third-order valence-electron chi connectivity index (χ3n) is 4.36. The SMILES string of the molecule is C=CCC(C/C(=C/Sc1ccccc1)Sc1ccccc1)(C(=O)OCC)C(=O)OCC. The summed E-state index contributed by atoms with van der Waals surface area (Å²) in [4.78, 5) is 29.0. The van der Waals surface area contributed by atoms with E-state index in [1.807, 2.05) is 66.1 Å². The molecule has 0 aliphatic heterocycles. The number of esters is 2. The minimum absolute atomic E-state index is 0.132. The van der Waals surface area contributed by atoms with Crippen molar-refractivity contribution in [3.63, 3.8) is 0 Å². The molecule has 4 nitrogen and oxygen atoms in total. The first-order chi connectivity index (χ1) is 15.1. The van der Waals surface area contributed by atoms with Crippen molar-refractivity contribution in [1.29, 1.82) is 0 Å². The number of carbonyl (C=O) groups is 2. The Hall–Kier alpha value is -2.44. The highest BCUT2D eigenvalue weighted by atomic mass is 32.2. The minimum Gasteiger partial charge on any atom is -0.465 e. The second kappa shape index (κ2) is 13.1. The summed E-state index contributed by atoms with van der Waals surface area (Å²) in [5.41, 5.74) is -1.47. The van der Waals surface area contributed by atoms with Gasteiger partial charge in [-0.2, -0.15) is 0 Å². The van der Waals surface area contributed by atoms with Crippen molar-refractivity contribution in [3.05, 3.63) is 83.6 Å². The van der Waals surface area contributed by atoms with E-state index in [4.69, 9.17) is 9.47 Å². The van der Waals surface area contributed by atoms with Crippen LogP contribution in [0.25, 0.3) is 0 Å². The summed E-state index contributed by atoms with van der Waals surface area (Å²) in [6.07, 6.45) is 1.87. The average molecular weight is 457 g/mol. The van der Waals surface area contributed by atoms with Gasteiger partial charge in [-0.25, -0.2) is 0 Å². The summed E-state index contributed by atoms with van der Waals surface area (Å²) in [6, 6.07) is 19.8. The molecular weight excluding hydrogens is 428 g/mol. The van der Waals surface area contributed by atoms with Crippen molar-refractivity contribution in [2.75, 3.05) is 13.2 Å². The van der Waals surface area contributed by atoms with Gasteiger partial charge in [0.05, 0.1) is 13.2 Å². The van der Waals surface area contributed by atoms with Crippen molar-refractivity contribution < 1.29 is 19.1 Å². The zero-order valence-corrected chi connectivity index (χ0v) is 19.5. The number of hydrogen-bond acceptors (Lipinski definition) is 6. The van der Waals surface area contributed by atoms with Crippen LogP contribution in [0.15, 0.2) is 93.4 Å². The van der Waals surface area contributed by atoms with E-state index in [1.54, 1.807) is 31.7 Å². The van der Waals surface area contributed by atoms with Gasteiger partial charge in [0.25, 0.3) is 0 Å². The van der Waals surface area contributed by atoms with E-state index >= 15 is 0 Å². The number of rotatable bonds is 12. The smallest absolute Gasteiger partial charge is 0.324 e. The summed E-state index contributed by atoms with van der Waals surface area (Å²) in [6.45, 7) is 7.58. The van der Waals surface area contributed by atoms with Crippen molar-refractivity contribution >= 4 is 35.5 Å². The average Bonchev–Trinajstić information content (AvgIpc) is 2.78. The number of thioether (sulfide) groups is 2. The van der Waals surface area contributed by atoms with Crippen molar-refractivity contribution in [1.82, 2.24) is 0 Å². The van der Waals surface area contributed by atoms with Crippen LogP contribution in [0.4, 0.5) is 0 Å². The molecule has 0 saturated carbocycles. The van der Waals surface area contributed by atoms with Crippen LogP contribution in [0.5, 0.6) is 0 Å². The Bertz CT molecular complexity index is 861. The molecule has 6 heteroatoms. The molecule has 31 heavy (non-hydrogen) atoms. The van der Waals surface area contributed by atoms with E-state index in [-0.39, 0.29) is 26.1 Å². The molecule has 0 bridgehead atoms. The van der Waals surface area contributed by atoms with E-state index < -0.39 is 17.4 Å². The summed E-state index contributed by atoms with van der Waals surface area (Å²) in [5.74, 6) is -1.17. The molecule has 0 saturated heterocycles. The molecule has 2 aromatic rings. The molecule has 0 aromatic heterocycles. The number of hydrogen-bond donors (Lipinski definition) is 0. The first-order valence-corrected chi connectivity index (χ1v) is 11.8. The molecular formula is C25H28O4S2. The number of allylic oxidation sites excluding steroid dienone is 2. The van der Waals surface area contributed by atoms with Crippen LogP contribution in [0.3, 0.4) is 0 Å². The van der Waals surface area contributed by atoms with Crippen LogP contribution < -0.4 is 0 Å². The van der Waals surface area contributed by atoms with E-state index in [0.29, 0.717) is 0 Å². The highest BCUT2D eigenvalue weighted by Crippen LogP contribution is 2.42. The summed E-state index contributed by atoms with van der Waals surface area (Å²) in [5, 5.41) is 1.99. The first kappa shape index (κ1) is 24.8. The second-order valence-corrected chi connectivity index (χ2v) is 8.77. The highest BCUT2D eigenvalue weighted by molar-refractivity contribution is 8.06. The monoisotopic (exact) mass is 456 g/mol. The van der Waals surface area contributed by atoms with Gasteiger partial charge in [-0.15, -0.1) is 6.58 Å². The van der Waals surface area contributed by atoms with Gasteiger partial charge in [-0.1, -0.05) is 66.0 Å². The predicted molar refractivity (Wildman–Crippen MR) is 128 cm³/mol. The van der Waals surface area contributed by atoms with Crippen LogP contribution in [0.1, 0.15) is 26.7 Å². The lowest BCUT2D eigenvalue weighted by atomic mass is 9.81. The molecule has 0 spiro atoms. The Labute approximate surface area is 193 Å². The lowest BCUT2D eigenvalue weighted by Crippen LogP contribution is -2.42. The maximum absolute atomic E-state index is 13.0. The Balaban J connectivity index is 2.44. The van der Waals surface area contributed by atoms with E-state index in [0.717, 1.165) is 14.7 Å². The Morgan fingerprint density at radius 1 is 0.903 bits per heavy atom. The summed E-state index contributed by atoms with van der Waals surface area (Å²) in [7, 11) is 0. The molecule has 0 atom stereocenters. The van der Waals surface area contributed by atoms with Gasteiger partial charge in [0.1, 0.15) is 0 Å². The fourth-order valence-corrected chi connectivity index (χ4v) is 4.84. The number of carbonyl (C=O) groups excluding carboxylic acids is 2. The second-order valence-electron chi connectivity index (χ2n) is 6.62. The molecule has 164 valence electrons. The standard InChI is InChI=1S/C25H28O4S2/c1-4-17-25(23(26)28-5-2,24(27)29-6-3)18-22(31-21-15-11-8-12-16-21)19-30-20-13-9-7-10-14-20/h4,7-16,19H,1,5-6,17-18H2,2-3H3/b22-19-. The van der Waals surface area contributed by atoms with E-state index in [1.165, 1.54) is 11.8 Å². The lowest BCUT2D eigenvalue weighted by Gasteiger charge is -2.29. The van der Waals surface area contributed by atoms with Crippen LogP contribution in [-0.2, 0) is 19.1 Å². The summed E-state index contributed by atoms with van der Waals surface area (Å²) < 4.78 is 10.6. The van der Waals surface area contributed by atoms with Crippen LogP contribution in [-0.4, -0.2) is 25.2 Å². The van der Waals surface area contributed by atoms with Gasteiger partial charge in [0.15, 0.2) is 5.41 Å². The largest absolute Gasteiger partial charge is 0.465 e. The fraction of sp³-hybridized carbons (Fsp3) is 0.280. The normalized spacial score (nSPS) is 11.6. The highest BCUT2D eigenvalue weighted by Gasteiger charge is 2.48. The Morgan fingerprint density at radius 2 is 1.42 bits per heavy atom. The molecule has 0 N–H and O–H groups in total. The van der Waals surface area contributed by atoms with Gasteiger partial charge in [-0.05, 0) is 54.8 Å². The molecule has 0 aliphatic carbocycles. The molecule has 2 rings (SSSR count). The molecule has 0 aliphatic rings. The zero-order chi connectivity index (χ0) is 22.5. The van der Waals surface area contributed by atoms with Gasteiger partial charge < -0.3 is 9.47 Å². The van der Waals surface area contributed by atoms with Crippen LogP contribution in [0, 0.1) is 5.41 Å². The van der Waals surface area contributed by atoms with Gasteiger partial charge in [0, 0.05) is 16.2 Å². The lowest BCUT2D eigenvalue weighted by molar-refractivity contribution is -0.171. The predicted octanol–water partition coefficient (Wildman–Crippen LogP) is 6.49. The van der Waals surface area contributed by atoms with Gasteiger partial charge in [-0.3, -0.25) is 9.59 Å². The van der Waals surface area contributed by atoms with Gasteiger partial charge >= 0.3 is 11.9 Å². The molecule has 0 heterocycles. The van der Waals surface area contributed by atoms with Crippen molar-refractivity contribution in [2.24, 2.45) is 5.41 Å². The fourth-order valence-electron chi connectivity index (χ4n) is 2.92. The molecule has 0 fully saturated rings. The Morgan fingerprint density at radius 3 is 1.90 bits per heavy atom. The molecule has 0 amide bonds. The van der Waals surface area contributed by atoms with Gasteiger partial charge in [0.2, 0.25) is 0 Å². The van der Waals surface area contributed by atoms with Crippen LogP contribution in [0.2, 0.25) is 0 Å². The van der Waals surface area contributed by atoms with E-state index in [2.05, 4.69) is 6.58 Å². The topological polar surface area (TPSA) is 52.6 Å². The maximum atomic E-state index is 13.0. The number of benzene rings is 2. The van der Waals surface area contributed by atoms with Crippen molar-refractivity contribution in [3.8, 4) is 0 Å². The summed E-state index contributed by atoms with van der Waals surface area (Å²) >= 11 is 3.07. The zero-order valence-electron chi connectivity index (χ0n) is 17.9. The molecule has 0 radical (unpaired) electrons. The number of ether oxygens (including phenoxy) is 2.